The second-order valence-electron chi connectivity index (χ2n) is 6.68. The van der Waals surface area contributed by atoms with Crippen molar-refractivity contribution in [3.63, 3.8) is 0 Å². The van der Waals surface area contributed by atoms with Crippen LogP contribution in [0.2, 0.25) is 0 Å². The van der Waals surface area contributed by atoms with E-state index in [9.17, 15) is 4.79 Å². The highest BCUT2D eigenvalue weighted by atomic mass is 16.5. The molecule has 1 heterocycles. The summed E-state index contributed by atoms with van der Waals surface area (Å²) >= 11 is 0. The molecule has 0 aromatic heterocycles. The second-order valence-corrected chi connectivity index (χ2v) is 6.68. The average Bonchev–Trinajstić information content (AvgIpc) is 2.79. The van der Waals surface area contributed by atoms with Crippen molar-refractivity contribution in [1.29, 1.82) is 0 Å². The number of benzene rings is 1. The molecule has 1 atom stereocenters. The van der Waals surface area contributed by atoms with E-state index in [-0.39, 0.29) is 11.4 Å². The van der Waals surface area contributed by atoms with Gasteiger partial charge in [0.2, 0.25) is 0 Å². The molecule has 4 heteroatoms. The lowest BCUT2D eigenvalue weighted by Crippen LogP contribution is -2.54. The number of hydrogen-bond donors (Lipinski definition) is 1. The summed E-state index contributed by atoms with van der Waals surface area (Å²) in [5, 5.41) is 0. The Morgan fingerprint density at radius 3 is 2.57 bits per heavy atom. The molecule has 2 rings (SSSR count). The lowest BCUT2D eigenvalue weighted by Gasteiger charge is -2.32. The average molecular weight is 290 g/mol. The number of carbonyl (C=O) groups excluding carboxylic acids is 1. The number of hydrogen-bond acceptors (Lipinski definition) is 4. The van der Waals surface area contributed by atoms with Gasteiger partial charge in [0.05, 0.1) is 6.61 Å². The maximum Gasteiger partial charge on any atom is 0.332 e. The van der Waals surface area contributed by atoms with Gasteiger partial charge in [0, 0.05) is 13.1 Å². The van der Waals surface area contributed by atoms with Gasteiger partial charge in [-0.05, 0) is 30.9 Å². The van der Waals surface area contributed by atoms with E-state index in [1.54, 1.807) is 0 Å². The van der Waals surface area contributed by atoms with Crippen molar-refractivity contribution in [2.45, 2.75) is 32.7 Å². The number of nitrogens with two attached hydrogens (primary N) is 1. The molecule has 1 aromatic rings. The van der Waals surface area contributed by atoms with Crippen molar-refractivity contribution < 1.29 is 9.53 Å². The molecule has 1 saturated heterocycles. The van der Waals surface area contributed by atoms with E-state index in [1.807, 2.05) is 37.3 Å². The van der Waals surface area contributed by atoms with E-state index >= 15 is 0 Å². The lowest BCUT2D eigenvalue weighted by molar-refractivity contribution is -0.151. The minimum Gasteiger partial charge on any atom is -0.464 e. The normalized spacial score (nSPS) is 21.0. The Labute approximate surface area is 127 Å². The number of ether oxygens (including phenoxy) is 1. The first-order chi connectivity index (χ1) is 9.87. The number of likely N-dealkylation sites (tertiary alicyclic amines) is 1. The van der Waals surface area contributed by atoms with Gasteiger partial charge in [0.25, 0.3) is 0 Å². The van der Waals surface area contributed by atoms with Gasteiger partial charge in [-0.25, -0.2) is 4.79 Å². The Bertz CT molecular complexity index is 487. The van der Waals surface area contributed by atoms with E-state index in [0.29, 0.717) is 13.2 Å². The van der Waals surface area contributed by atoms with Gasteiger partial charge in [-0.3, -0.25) is 4.90 Å². The van der Waals surface area contributed by atoms with E-state index in [1.165, 1.54) is 0 Å². The molecule has 1 aliphatic rings. The third-order valence-corrected chi connectivity index (χ3v) is 4.16. The standard InChI is InChI=1S/C17H26N2O2/c1-4-21-15(20)17(18,14-8-6-5-7-9-14)13-19-11-10-16(2,3)12-19/h5-9H,4,10-13,18H2,1-3H3. The van der Waals surface area contributed by atoms with Crippen LogP contribution in [-0.2, 0) is 15.1 Å². The predicted octanol–water partition coefficient (Wildman–Crippen LogP) is 2.14. The number of esters is 1. The number of nitrogens with zero attached hydrogens (tertiary/aromatic N) is 1. The molecule has 0 saturated carbocycles. The monoisotopic (exact) mass is 290 g/mol. The molecule has 1 aliphatic heterocycles. The van der Waals surface area contributed by atoms with Crippen LogP contribution in [0.5, 0.6) is 0 Å². The van der Waals surface area contributed by atoms with Crippen LogP contribution in [-0.4, -0.2) is 37.1 Å². The van der Waals surface area contributed by atoms with Crippen molar-refractivity contribution in [3.8, 4) is 0 Å². The number of carbonyl (C=O) groups is 1. The van der Waals surface area contributed by atoms with Crippen molar-refractivity contribution in [2.75, 3.05) is 26.2 Å². The lowest BCUT2D eigenvalue weighted by atomic mass is 9.90. The highest BCUT2D eigenvalue weighted by Crippen LogP contribution is 2.31. The summed E-state index contributed by atoms with van der Waals surface area (Å²) in [6.07, 6.45) is 1.13. The van der Waals surface area contributed by atoms with E-state index in [2.05, 4.69) is 18.7 Å². The molecule has 0 radical (unpaired) electrons. The molecular formula is C17H26N2O2. The smallest absolute Gasteiger partial charge is 0.332 e. The van der Waals surface area contributed by atoms with Gasteiger partial charge in [0.1, 0.15) is 0 Å². The second kappa shape index (κ2) is 6.16. The van der Waals surface area contributed by atoms with Crippen molar-refractivity contribution in [1.82, 2.24) is 4.90 Å². The Kier molecular flexibility index (Phi) is 4.69. The minimum absolute atomic E-state index is 0.284. The van der Waals surface area contributed by atoms with E-state index in [4.69, 9.17) is 10.5 Å². The quantitative estimate of drug-likeness (QED) is 0.844. The summed E-state index contributed by atoms with van der Waals surface area (Å²) < 4.78 is 5.23. The van der Waals surface area contributed by atoms with Crippen LogP contribution in [0.25, 0.3) is 0 Å². The van der Waals surface area contributed by atoms with Crippen LogP contribution in [0.3, 0.4) is 0 Å². The van der Waals surface area contributed by atoms with E-state index < -0.39 is 5.54 Å². The third kappa shape index (κ3) is 3.63. The zero-order chi connectivity index (χ0) is 15.5. The molecule has 21 heavy (non-hydrogen) atoms. The zero-order valence-electron chi connectivity index (χ0n) is 13.3. The first-order valence-electron chi connectivity index (χ1n) is 7.61. The topological polar surface area (TPSA) is 55.6 Å². The van der Waals surface area contributed by atoms with Crippen LogP contribution < -0.4 is 5.73 Å². The summed E-state index contributed by atoms with van der Waals surface area (Å²) in [5.41, 5.74) is 6.50. The minimum atomic E-state index is -1.10. The van der Waals surface area contributed by atoms with Crippen molar-refractivity contribution in [2.24, 2.45) is 11.1 Å². The maximum absolute atomic E-state index is 12.4. The Hall–Kier alpha value is -1.39. The molecule has 116 valence electrons. The summed E-state index contributed by atoms with van der Waals surface area (Å²) in [5.74, 6) is -0.346. The summed E-state index contributed by atoms with van der Waals surface area (Å²) in [7, 11) is 0. The van der Waals surface area contributed by atoms with Crippen LogP contribution in [0.1, 0.15) is 32.8 Å². The highest BCUT2D eigenvalue weighted by molar-refractivity contribution is 5.82. The van der Waals surface area contributed by atoms with Crippen LogP contribution >= 0.6 is 0 Å². The largest absolute Gasteiger partial charge is 0.464 e. The molecule has 0 aliphatic carbocycles. The SMILES string of the molecule is CCOC(=O)C(N)(CN1CCC(C)(C)C1)c1ccccc1. The molecule has 0 bridgehead atoms. The molecule has 4 nitrogen and oxygen atoms in total. The van der Waals surface area contributed by atoms with Gasteiger partial charge in [0.15, 0.2) is 5.54 Å². The molecular weight excluding hydrogens is 264 g/mol. The summed E-state index contributed by atoms with van der Waals surface area (Å²) in [6, 6.07) is 9.54. The van der Waals surface area contributed by atoms with Crippen molar-refractivity contribution >= 4 is 5.97 Å². The van der Waals surface area contributed by atoms with Gasteiger partial charge in [-0.1, -0.05) is 44.2 Å². The Morgan fingerprint density at radius 1 is 1.38 bits per heavy atom. The molecule has 0 spiro atoms. The van der Waals surface area contributed by atoms with Crippen molar-refractivity contribution in [3.05, 3.63) is 35.9 Å². The van der Waals surface area contributed by atoms with Gasteiger partial charge in [-0.15, -0.1) is 0 Å². The number of rotatable bonds is 5. The van der Waals surface area contributed by atoms with E-state index in [0.717, 1.165) is 25.1 Å². The predicted molar refractivity (Wildman–Crippen MR) is 83.8 cm³/mol. The first-order valence-corrected chi connectivity index (χ1v) is 7.61. The zero-order valence-corrected chi connectivity index (χ0v) is 13.3. The molecule has 2 N–H and O–H groups in total. The van der Waals surface area contributed by atoms with Crippen LogP contribution in [0, 0.1) is 5.41 Å². The molecule has 1 fully saturated rings. The maximum atomic E-state index is 12.4. The fourth-order valence-electron chi connectivity index (χ4n) is 2.98. The third-order valence-electron chi connectivity index (χ3n) is 4.16. The fourth-order valence-corrected chi connectivity index (χ4v) is 2.98. The first kappa shape index (κ1) is 16.0. The fraction of sp³-hybridized carbons (Fsp3) is 0.588. The molecule has 1 unspecified atom stereocenters. The summed E-state index contributed by atoms with van der Waals surface area (Å²) in [4.78, 5) is 14.7. The van der Waals surface area contributed by atoms with Gasteiger partial charge >= 0.3 is 5.97 Å². The van der Waals surface area contributed by atoms with Gasteiger partial charge in [-0.2, -0.15) is 0 Å². The van der Waals surface area contributed by atoms with Crippen LogP contribution in [0.15, 0.2) is 30.3 Å². The Morgan fingerprint density at radius 2 is 2.05 bits per heavy atom. The highest BCUT2D eigenvalue weighted by Gasteiger charge is 2.42. The van der Waals surface area contributed by atoms with Gasteiger partial charge < -0.3 is 10.5 Å². The molecule has 0 amide bonds. The Balaban J connectivity index is 2.23. The summed E-state index contributed by atoms with van der Waals surface area (Å²) in [6.45, 7) is 9.07. The van der Waals surface area contributed by atoms with Crippen LogP contribution in [0.4, 0.5) is 0 Å². The molecule has 1 aromatic carbocycles.